The van der Waals surface area contributed by atoms with Gasteiger partial charge in [-0.05, 0) is 29.8 Å². The number of anilines is 2. The van der Waals surface area contributed by atoms with E-state index in [0.29, 0.717) is 34.3 Å². The maximum absolute atomic E-state index is 14.3. The summed E-state index contributed by atoms with van der Waals surface area (Å²) in [5, 5.41) is 11.5. The standard InChI is InChI=1S/C23H19F3N6/c24-16-4-3-12(15-9-30-31-21(15)16)19-14-8-18(32-7-5-23(25,26)11-32)22-13(2-1-6-28-22)20(14)29-10-17(19)27/h1-4,6,8-9,29H,5,7,10-11,27H2,(H,30,31). The first-order valence-corrected chi connectivity index (χ1v) is 10.3. The Labute approximate surface area is 180 Å². The molecule has 0 spiro atoms. The molecule has 0 bridgehead atoms. The summed E-state index contributed by atoms with van der Waals surface area (Å²) in [6.07, 6.45) is 3.03. The molecule has 0 radical (unpaired) electrons. The number of nitrogens with one attached hydrogen (secondary N) is 2. The van der Waals surface area contributed by atoms with Crippen LogP contribution in [0.2, 0.25) is 0 Å². The van der Waals surface area contributed by atoms with E-state index in [1.54, 1.807) is 23.4 Å². The fourth-order valence-electron chi connectivity index (χ4n) is 4.79. The molecule has 9 heteroatoms. The van der Waals surface area contributed by atoms with Gasteiger partial charge in [0.2, 0.25) is 0 Å². The van der Waals surface area contributed by atoms with Crippen molar-refractivity contribution in [1.29, 1.82) is 0 Å². The molecule has 32 heavy (non-hydrogen) atoms. The summed E-state index contributed by atoms with van der Waals surface area (Å²) in [4.78, 5) is 6.19. The number of hydrogen-bond acceptors (Lipinski definition) is 5. The molecule has 6 nitrogen and oxygen atoms in total. The van der Waals surface area contributed by atoms with Gasteiger partial charge in [-0.3, -0.25) is 10.1 Å². The normalized spacial score (nSPS) is 17.8. The summed E-state index contributed by atoms with van der Waals surface area (Å²) in [6, 6.07) is 8.67. The Morgan fingerprint density at radius 3 is 2.81 bits per heavy atom. The number of benzene rings is 2. The monoisotopic (exact) mass is 436 g/mol. The van der Waals surface area contributed by atoms with Gasteiger partial charge in [-0.1, -0.05) is 6.07 Å². The molecular weight excluding hydrogens is 417 g/mol. The molecule has 2 aliphatic rings. The number of aromatic amines is 1. The van der Waals surface area contributed by atoms with Crippen LogP contribution in [0.25, 0.3) is 27.4 Å². The fourth-order valence-corrected chi connectivity index (χ4v) is 4.79. The van der Waals surface area contributed by atoms with Crippen LogP contribution in [-0.2, 0) is 0 Å². The van der Waals surface area contributed by atoms with E-state index in [0.717, 1.165) is 27.8 Å². The highest BCUT2D eigenvalue weighted by Gasteiger charge is 2.39. The first-order valence-electron chi connectivity index (χ1n) is 10.3. The van der Waals surface area contributed by atoms with Gasteiger partial charge in [0.25, 0.3) is 5.92 Å². The zero-order valence-electron chi connectivity index (χ0n) is 16.9. The Balaban J connectivity index is 1.63. The lowest BCUT2D eigenvalue weighted by Crippen LogP contribution is -2.26. The third-order valence-corrected chi connectivity index (χ3v) is 6.26. The lowest BCUT2D eigenvalue weighted by Gasteiger charge is -2.28. The summed E-state index contributed by atoms with van der Waals surface area (Å²) in [6.45, 7) is 0.272. The summed E-state index contributed by atoms with van der Waals surface area (Å²) in [5.41, 5.74) is 11.7. The summed E-state index contributed by atoms with van der Waals surface area (Å²) in [5.74, 6) is -3.15. The number of pyridine rings is 1. The Hall–Kier alpha value is -3.75. The zero-order valence-corrected chi connectivity index (χ0v) is 16.9. The Bertz CT molecular complexity index is 1420. The lowest BCUT2D eigenvalue weighted by atomic mass is 9.88. The van der Waals surface area contributed by atoms with E-state index in [4.69, 9.17) is 5.73 Å². The highest BCUT2D eigenvalue weighted by Crippen LogP contribution is 2.45. The zero-order chi connectivity index (χ0) is 22.0. The Kier molecular flexibility index (Phi) is 3.93. The summed E-state index contributed by atoms with van der Waals surface area (Å²) in [7, 11) is 0. The van der Waals surface area contributed by atoms with Gasteiger partial charge in [0, 0.05) is 46.8 Å². The van der Waals surface area contributed by atoms with Crippen LogP contribution in [0.5, 0.6) is 0 Å². The summed E-state index contributed by atoms with van der Waals surface area (Å²) < 4.78 is 42.4. The number of nitrogens with zero attached hydrogens (tertiary/aromatic N) is 3. The molecular formula is C23H19F3N6. The molecule has 2 aliphatic heterocycles. The minimum atomic E-state index is -2.74. The molecule has 2 aromatic carbocycles. The van der Waals surface area contributed by atoms with Crippen molar-refractivity contribution >= 4 is 38.8 Å². The molecule has 4 heterocycles. The van der Waals surface area contributed by atoms with Crippen molar-refractivity contribution in [1.82, 2.24) is 15.2 Å². The second-order valence-corrected chi connectivity index (χ2v) is 8.25. The molecule has 0 aliphatic carbocycles. The molecule has 1 saturated heterocycles. The average molecular weight is 436 g/mol. The third kappa shape index (κ3) is 2.73. The van der Waals surface area contributed by atoms with Crippen molar-refractivity contribution in [2.75, 3.05) is 29.9 Å². The molecule has 4 aromatic rings. The van der Waals surface area contributed by atoms with Crippen LogP contribution in [0, 0.1) is 5.82 Å². The number of nitrogens with two attached hydrogens (primary N) is 1. The number of rotatable bonds is 2. The molecule has 0 atom stereocenters. The van der Waals surface area contributed by atoms with E-state index in [1.165, 1.54) is 6.07 Å². The van der Waals surface area contributed by atoms with Crippen LogP contribution in [-0.4, -0.2) is 40.7 Å². The van der Waals surface area contributed by atoms with E-state index >= 15 is 0 Å². The summed E-state index contributed by atoms with van der Waals surface area (Å²) >= 11 is 0. The minimum Gasteiger partial charge on any atom is -0.400 e. The van der Waals surface area contributed by atoms with Crippen LogP contribution in [0.3, 0.4) is 0 Å². The second kappa shape index (κ2) is 6.62. The first-order chi connectivity index (χ1) is 15.4. The van der Waals surface area contributed by atoms with Crippen LogP contribution < -0.4 is 16.0 Å². The predicted octanol–water partition coefficient (Wildman–Crippen LogP) is 4.24. The molecule has 0 amide bonds. The predicted molar refractivity (Wildman–Crippen MR) is 118 cm³/mol. The maximum atomic E-state index is 14.3. The lowest BCUT2D eigenvalue weighted by molar-refractivity contribution is 0.0257. The molecule has 0 saturated carbocycles. The van der Waals surface area contributed by atoms with Crippen molar-refractivity contribution in [3.05, 3.63) is 65.4 Å². The van der Waals surface area contributed by atoms with Gasteiger partial charge in [0.05, 0.1) is 36.2 Å². The maximum Gasteiger partial charge on any atom is 0.266 e. The molecule has 6 rings (SSSR count). The largest absolute Gasteiger partial charge is 0.400 e. The molecule has 0 unspecified atom stereocenters. The number of hydrogen-bond donors (Lipinski definition) is 3. The number of halogens is 3. The van der Waals surface area contributed by atoms with E-state index in [9.17, 15) is 13.2 Å². The van der Waals surface area contributed by atoms with Crippen LogP contribution >= 0.6 is 0 Å². The van der Waals surface area contributed by atoms with Gasteiger partial charge >= 0.3 is 0 Å². The van der Waals surface area contributed by atoms with Gasteiger partial charge < -0.3 is 16.0 Å². The van der Waals surface area contributed by atoms with E-state index in [-0.39, 0.29) is 19.5 Å². The Morgan fingerprint density at radius 1 is 1.12 bits per heavy atom. The highest BCUT2D eigenvalue weighted by atomic mass is 19.3. The van der Waals surface area contributed by atoms with Crippen molar-refractivity contribution < 1.29 is 13.2 Å². The van der Waals surface area contributed by atoms with Gasteiger partial charge in [0.15, 0.2) is 0 Å². The van der Waals surface area contributed by atoms with Crippen molar-refractivity contribution in [3.63, 3.8) is 0 Å². The van der Waals surface area contributed by atoms with Crippen LogP contribution in [0.4, 0.5) is 24.5 Å². The van der Waals surface area contributed by atoms with Crippen LogP contribution in [0.15, 0.2) is 48.4 Å². The van der Waals surface area contributed by atoms with E-state index < -0.39 is 11.7 Å². The Morgan fingerprint density at radius 2 is 2.00 bits per heavy atom. The third-order valence-electron chi connectivity index (χ3n) is 6.26. The molecule has 2 aromatic heterocycles. The second-order valence-electron chi connectivity index (χ2n) is 8.25. The van der Waals surface area contributed by atoms with Gasteiger partial charge in [0.1, 0.15) is 11.3 Å². The van der Waals surface area contributed by atoms with Gasteiger partial charge in [-0.2, -0.15) is 5.10 Å². The minimum absolute atomic E-state index is 0.199. The topological polar surface area (TPSA) is 82.9 Å². The number of fused-ring (bicyclic) bond motifs is 4. The van der Waals surface area contributed by atoms with Crippen molar-refractivity contribution in [2.24, 2.45) is 5.73 Å². The smallest absolute Gasteiger partial charge is 0.266 e. The van der Waals surface area contributed by atoms with Crippen LogP contribution in [0.1, 0.15) is 17.5 Å². The van der Waals surface area contributed by atoms with Gasteiger partial charge in [-0.25, -0.2) is 13.2 Å². The van der Waals surface area contributed by atoms with Crippen molar-refractivity contribution in [2.45, 2.75) is 12.3 Å². The number of aromatic nitrogens is 3. The number of alkyl halides is 2. The molecule has 4 N–H and O–H groups in total. The van der Waals surface area contributed by atoms with E-state index in [2.05, 4.69) is 20.5 Å². The fraction of sp³-hybridized carbons (Fsp3) is 0.217. The van der Waals surface area contributed by atoms with E-state index in [1.807, 2.05) is 18.2 Å². The SMILES string of the molecule is NC1=C(c2ccc(F)c3[nH]ncc23)c2cc(N3CCC(F)(F)C3)c3ncccc3c2NC1. The molecule has 162 valence electrons. The van der Waals surface area contributed by atoms with Gasteiger partial charge in [-0.15, -0.1) is 0 Å². The first kappa shape index (κ1) is 19.0. The molecule has 1 fully saturated rings. The van der Waals surface area contributed by atoms with Crippen molar-refractivity contribution in [3.8, 4) is 0 Å². The average Bonchev–Trinajstić information content (AvgIpc) is 3.41. The number of H-pyrrole nitrogens is 1. The quantitative estimate of drug-likeness (QED) is 0.438. The highest BCUT2D eigenvalue weighted by molar-refractivity contribution is 6.10.